The lowest BCUT2D eigenvalue weighted by molar-refractivity contribution is -0.132. The van der Waals surface area contributed by atoms with Crippen LogP contribution in [0.2, 0.25) is 0 Å². The minimum absolute atomic E-state index is 0.107. The summed E-state index contributed by atoms with van der Waals surface area (Å²) in [5.41, 5.74) is 4.14. The quantitative estimate of drug-likeness (QED) is 0.803. The molecular weight excluding hydrogens is 350 g/mol. The number of benzene rings is 1. The van der Waals surface area contributed by atoms with Gasteiger partial charge in [-0.1, -0.05) is 24.3 Å². The van der Waals surface area contributed by atoms with Crippen molar-refractivity contribution < 1.29 is 13.2 Å². The van der Waals surface area contributed by atoms with Gasteiger partial charge in [0.1, 0.15) is 5.75 Å². The first-order valence-corrected chi connectivity index (χ1v) is 10.8. The summed E-state index contributed by atoms with van der Waals surface area (Å²) in [6.45, 7) is 2.26. The molecule has 1 heterocycles. The molecule has 0 fully saturated rings. The molecule has 0 saturated heterocycles. The van der Waals surface area contributed by atoms with Crippen LogP contribution in [0.5, 0.6) is 0 Å². The molecule has 7 heteroatoms. The van der Waals surface area contributed by atoms with Crippen molar-refractivity contribution in [1.82, 2.24) is 14.7 Å². The molecule has 6 nitrogen and oxygen atoms in total. The molecule has 0 radical (unpaired) electrons. The maximum absolute atomic E-state index is 12.9. The van der Waals surface area contributed by atoms with E-state index in [4.69, 9.17) is 0 Å². The lowest BCUT2D eigenvalue weighted by atomic mass is 9.86. The Hall–Kier alpha value is -2.15. The van der Waals surface area contributed by atoms with Crippen molar-refractivity contribution in [3.05, 3.63) is 52.8 Å². The topological polar surface area (TPSA) is 72.3 Å². The van der Waals surface area contributed by atoms with Crippen LogP contribution in [0.25, 0.3) is 0 Å². The van der Waals surface area contributed by atoms with Crippen LogP contribution in [0.4, 0.5) is 0 Å². The Kier molecular flexibility index (Phi) is 5.18. The highest BCUT2D eigenvalue weighted by Crippen LogP contribution is 2.35. The molecule has 3 rings (SSSR count). The van der Waals surface area contributed by atoms with Crippen molar-refractivity contribution >= 4 is 15.7 Å². The number of nitrogens with zero attached hydrogens (tertiary/aromatic N) is 3. The monoisotopic (exact) mass is 375 g/mol. The second kappa shape index (κ2) is 7.23. The summed E-state index contributed by atoms with van der Waals surface area (Å²) in [5.74, 6) is -0.823. The molecule has 0 aliphatic heterocycles. The van der Waals surface area contributed by atoms with Crippen molar-refractivity contribution in [2.45, 2.75) is 38.8 Å². The standard InChI is InChI=1S/C19H25N3O3S/c1-14-11-16(21(2)20-14)12-22(19(23)13-26(3,24)25)18-10-6-8-15-7-4-5-9-17(15)18/h4-5,7,9,11,18H,6,8,10,12-13H2,1-3H3/t18-/m1/s1. The van der Waals surface area contributed by atoms with Crippen LogP contribution in [0.1, 0.15) is 41.4 Å². The fourth-order valence-electron chi connectivity index (χ4n) is 3.72. The maximum atomic E-state index is 12.9. The van der Waals surface area contributed by atoms with Gasteiger partial charge in [-0.2, -0.15) is 5.10 Å². The molecule has 0 N–H and O–H groups in total. The molecule has 0 saturated carbocycles. The van der Waals surface area contributed by atoms with E-state index in [9.17, 15) is 13.2 Å². The molecule has 1 aromatic carbocycles. The van der Waals surface area contributed by atoms with E-state index in [1.807, 2.05) is 38.2 Å². The van der Waals surface area contributed by atoms with Crippen LogP contribution in [0, 0.1) is 6.92 Å². The van der Waals surface area contributed by atoms with Crippen LogP contribution < -0.4 is 0 Å². The number of sulfone groups is 1. The zero-order valence-electron chi connectivity index (χ0n) is 15.5. The zero-order valence-corrected chi connectivity index (χ0v) is 16.3. The molecule has 26 heavy (non-hydrogen) atoms. The van der Waals surface area contributed by atoms with E-state index in [0.717, 1.165) is 42.5 Å². The predicted octanol–water partition coefficient (Wildman–Crippen LogP) is 2.18. The number of hydrogen-bond donors (Lipinski definition) is 0. The Labute approximate surface area is 154 Å². The Morgan fingerprint density at radius 1 is 1.35 bits per heavy atom. The van der Waals surface area contributed by atoms with E-state index in [1.54, 1.807) is 9.58 Å². The minimum atomic E-state index is -3.40. The smallest absolute Gasteiger partial charge is 0.238 e. The second-order valence-electron chi connectivity index (χ2n) is 7.10. The third-order valence-electron chi connectivity index (χ3n) is 4.85. The van der Waals surface area contributed by atoms with Gasteiger partial charge in [0.15, 0.2) is 9.84 Å². The maximum Gasteiger partial charge on any atom is 0.238 e. The summed E-state index contributed by atoms with van der Waals surface area (Å²) in [6.07, 6.45) is 3.91. The lowest BCUT2D eigenvalue weighted by Gasteiger charge is -2.36. The number of aryl methyl sites for hydroxylation is 3. The first-order chi connectivity index (χ1) is 12.2. The Morgan fingerprint density at radius 3 is 2.73 bits per heavy atom. The van der Waals surface area contributed by atoms with E-state index in [0.29, 0.717) is 6.54 Å². The van der Waals surface area contributed by atoms with E-state index in [1.165, 1.54) is 5.56 Å². The van der Waals surface area contributed by atoms with Gasteiger partial charge in [0, 0.05) is 13.3 Å². The third-order valence-corrected chi connectivity index (χ3v) is 5.62. The highest BCUT2D eigenvalue weighted by molar-refractivity contribution is 7.91. The van der Waals surface area contributed by atoms with Crippen molar-refractivity contribution in [1.29, 1.82) is 0 Å². The fourth-order valence-corrected chi connectivity index (χ4v) is 4.33. The van der Waals surface area contributed by atoms with Gasteiger partial charge < -0.3 is 4.90 Å². The Balaban J connectivity index is 1.98. The molecule has 140 valence electrons. The number of carbonyl (C=O) groups excluding carboxylic acids is 1. The predicted molar refractivity (Wildman–Crippen MR) is 100 cm³/mol. The summed E-state index contributed by atoms with van der Waals surface area (Å²) in [7, 11) is -1.55. The molecule has 1 amide bonds. The second-order valence-corrected chi connectivity index (χ2v) is 9.24. The summed E-state index contributed by atoms with van der Waals surface area (Å²) in [4.78, 5) is 14.6. The van der Waals surface area contributed by atoms with E-state index in [-0.39, 0.29) is 11.9 Å². The SMILES string of the molecule is Cc1cc(CN(C(=O)CS(C)(=O)=O)[C@@H]2CCCc3ccccc32)n(C)n1. The summed E-state index contributed by atoms with van der Waals surface area (Å²) in [6, 6.07) is 9.96. The van der Waals surface area contributed by atoms with Gasteiger partial charge >= 0.3 is 0 Å². The molecule has 1 aromatic heterocycles. The first-order valence-electron chi connectivity index (χ1n) is 8.79. The fraction of sp³-hybridized carbons (Fsp3) is 0.474. The average molecular weight is 375 g/mol. The highest BCUT2D eigenvalue weighted by atomic mass is 32.2. The van der Waals surface area contributed by atoms with Gasteiger partial charge in [0.2, 0.25) is 5.91 Å². The number of amides is 1. The van der Waals surface area contributed by atoms with Crippen LogP contribution in [-0.4, -0.2) is 41.0 Å². The van der Waals surface area contributed by atoms with Crippen LogP contribution >= 0.6 is 0 Å². The average Bonchev–Trinajstić information content (AvgIpc) is 2.88. The normalized spacial score (nSPS) is 17.0. The van der Waals surface area contributed by atoms with Gasteiger partial charge in [-0.3, -0.25) is 9.48 Å². The number of fused-ring (bicyclic) bond motifs is 1. The zero-order chi connectivity index (χ0) is 18.9. The Bertz CT molecular complexity index is 918. The summed E-state index contributed by atoms with van der Waals surface area (Å²) < 4.78 is 25.2. The van der Waals surface area contributed by atoms with Crippen molar-refractivity contribution in [3.63, 3.8) is 0 Å². The van der Waals surface area contributed by atoms with Gasteiger partial charge in [-0.15, -0.1) is 0 Å². The molecule has 0 bridgehead atoms. The van der Waals surface area contributed by atoms with Crippen LogP contribution in [-0.2, 0) is 34.6 Å². The summed E-state index contributed by atoms with van der Waals surface area (Å²) in [5, 5.41) is 4.35. The number of carbonyl (C=O) groups is 1. The van der Waals surface area contributed by atoms with Gasteiger partial charge in [-0.05, 0) is 43.4 Å². The molecular formula is C19H25N3O3S. The van der Waals surface area contributed by atoms with Gasteiger partial charge in [-0.25, -0.2) is 8.42 Å². The molecule has 1 aliphatic rings. The molecule has 0 spiro atoms. The van der Waals surface area contributed by atoms with Crippen molar-refractivity contribution in [2.75, 3.05) is 12.0 Å². The van der Waals surface area contributed by atoms with Crippen LogP contribution in [0.15, 0.2) is 30.3 Å². The highest BCUT2D eigenvalue weighted by Gasteiger charge is 2.31. The lowest BCUT2D eigenvalue weighted by Crippen LogP contribution is -2.39. The van der Waals surface area contributed by atoms with Gasteiger partial charge in [0.25, 0.3) is 0 Å². The van der Waals surface area contributed by atoms with E-state index in [2.05, 4.69) is 11.2 Å². The molecule has 2 aromatic rings. The largest absolute Gasteiger partial charge is 0.329 e. The van der Waals surface area contributed by atoms with E-state index < -0.39 is 15.6 Å². The number of rotatable bonds is 5. The molecule has 0 unspecified atom stereocenters. The van der Waals surface area contributed by atoms with Crippen molar-refractivity contribution in [2.24, 2.45) is 7.05 Å². The Morgan fingerprint density at radius 2 is 2.08 bits per heavy atom. The molecule has 1 aliphatic carbocycles. The van der Waals surface area contributed by atoms with Gasteiger partial charge in [0.05, 0.1) is 24.0 Å². The third kappa shape index (κ3) is 4.15. The number of hydrogen-bond acceptors (Lipinski definition) is 4. The van der Waals surface area contributed by atoms with Crippen molar-refractivity contribution in [3.8, 4) is 0 Å². The molecule has 1 atom stereocenters. The number of aromatic nitrogens is 2. The van der Waals surface area contributed by atoms with Crippen LogP contribution in [0.3, 0.4) is 0 Å². The van der Waals surface area contributed by atoms with E-state index >= 15 is 0 Å². The first kappa shape index (κ1) is 18.6. The summed E-state index contributed by atoms with van der Waals surface area (Å²) >= 11 is 0. The minimum Gasteiger partial charge on any atom is -0.329 e.